The molecule has 1 heterocycles. The first-order chi connectivity index (χ1) is 16.0. The normalized spacial score (nSPS) is 10.8. The summed E-state index contributed by atoms with van der Waals surface area (Å²) in [6.07, 6.45) is 0.612. The molecule has 33 heavy (non-hydrogen) atoms. The maximum atomic E-state index is 12.7. The maximum Gasteiger partial charge on any atom is 0.234 e. The number of benzene rings is 3. The van der Waals surface area contributed by atoms with Crippen molar-refractivity contribution in [1.29, 1.82) is 0 Å². The zero-order valence-corrected chi connectivity index (χ0v) is 19.7. The van der Waals surface area contributed by atoms with E-state index in [0.717, 1.165) is 39.6 Å². The third-order valence-electron chi connectivity index (χ3n) is 5.31. The standard InChI is InChI=1S/C26H26N4O2S/c1-18-8-7-9-19(2)25(18)27-24(31)17-33-26-29-28-23(30(26)21-10-5-4-6-11-21)16-20-12-14-22(32-3)15-13-20/h4-15H,16-17H2,1-3H3,(H,27,31). The summed E-state index contributed by atoms with van der Waals surface area (Å²) in [5.74, 6) is 1.79. The summed E-state index contributed by atoms with van der Waals surface area (Å²) in [4.78, 5) is 12.7. The maximum absolute atomic E-state index is 12.7. The number of carbonyl (C=O) groups excluding carboxylic acids is 1. The van der Waals surface area contributed by atoms with Crippen molar-refractivity contribution < 1.29 is 9.53 Å². The quantitative estimate of drug-likeness (QED) is 0.367. The van der Waals surface area contributed by atoms with Crippen LogP contribution in [-0.4, -0.2) is 33.5 Å². The number of aromatic nitrogens is 3. The van der Waals surface area contributed by atoms with Gasteiger partial charge in [0.25, 0.3) is 0 Å². The number of amides is 1. The Labute approximate surface area is 198 Å². The molecule has 0 aliphatic carbocycles. The highest BCUT2D eigenvalue weighted by Gasteiger charge is 2.17. The van der Waals surface area contributed by atoms with E-state index >= 15 is 0 Å². The van der Waals surface area contributed by atoms with E-state index in [1.54, 1.807) is 7.11 Å². The molecule has 0 saturated heterocycles. The zero-order chi connectivity index (χ0) is 23.2. The lowest BCUT2D eigenvalue weighted by Gasteiger charge is -2.12. The van der Waals surface area contributed by atoms with Crippen molar-refractivity contribution in [3.63, 3.8) is 0 Å². The predicted molar refractivity (Wildman–Crippen MR) is 132 cm³/mol. The first kappa shape index (κ1) is 22.6. The van der Waals surface area contributed by atoms with Crippen LogP contribution in [0.2, 0.25) is 0 Å². The monoisotopic (exact) mass is 458 g/mol. The lowest BCUT2D eigenvalue weighted by atomic mass is 10.1. The van der Waals surface area contributed by atoms with Crippen molar-refractivity contribution >= 4 is 23.4 Å². The molecule has 0 radical (unpaired) electrons. The van der Waals surface area contributed by atoms with Crippen molar-refractivity contribution in [2.45, 2.75) is 25.4 Å². The van der Waals surface area contributed by atoms with Gasteiger partial charge in [-0.1, -0.05) is 60.3 Å². The summed E-state index contributed by atoms with van der Waals surface area (Å²) in [5, 5.41) is 12.6. The van der Waals surface area contributed by atoms with E-state index in [-0.39, 0.29) is 11.7 Å². The van der Waals surface area contributed by atoms with Crippen LogP contribution in [0.1, 0.15) is 22.5 Å². The summed E-state index contributed by atoms with van der Waals surface area (Å²) in [6, 6.07) is 23.9. The number of ether oxygens (including phenoxy) is 1. The first-order valence-corrected chi connectivity index (χ1v) is 11.6. The van der Waals surface area contributed by atoms with E-state index in [2.05, 4.69) is 15.5 Å². The minimum absolute atomic E-state index is 0.0725. The number of para-hydroxylation sites is 2. The van der Waals surface area contributed by atoms with Crippen LogP contribution in [0.5, 0.6) is 5.75 Å². The zero-order valence-electron chi connectivity index (χ0n) is 18.9. The number of rotatable bonds is 8. The minimum atomic E-state index is -0.0725. The fraction of sp³-hybridized carbons (Fsp3) is 0.192. The Kier molecular flexibility index (Phi) is 7.10. The van der Waals surface area contributed by atoms with Crippen LogP contribution >= 0.6 is 11.8 Å². The van der Waals surface area contributed by atoms with Gasteiger partial charge in [0.05, 0.1) is 12.9 Å². The molecule has 0 aliphatic rings. The molecule has 0 spiro atoms. The van der Waals surface area contributed by atoms with Crippen LogP contribution in [0.3, 0.4) is 0 Å². The van der Waals surface area contributed by atoms with Crippen molar-refractivity contribution in [3.05, 3.63) is 95.3 Å². The lowest BCUT2D eigenvalue weighted by molar-refractivity contribution is -0.113. The Morgan fingerprint density at radius 3 is 2.30 bits per heavy atom. The number of aryl methyl sites for hydroxylation is 2. The van der Waals surface area contributed by atoms with Gasteiger partial charge in [-0.25, -0.2) is 0 Å². The van der Waals surface area contributed by atoms with Crippen LogP contribution < -0.4 is 10.1 Å². The molecule has 168 valence electrons. The molecule has 6 nitrogen and oxygen atoms in total. The van der Waals surface area contributed by atoms with Crippen LogP contribution in [0.4, 0.5) is 5.69 Å². The summed E-state index contributed by atoms with van der Waals surface area (Å²) < 4.78 is 7.27. The largest absolute Gasteiger partial charge is 0.497 e. The predicted octanol–water partition coefficient (Wildman–Crippen LogP) is 5.21. The molecular weight excluding hydrogens is 432 g/mol. The summed E-state index contributed by atoms with van der Waals surface area (Å²) in [6.45, 7) is 3.99. The molecule has 0 unspecified atom stereocenters. The molecule has 4 aromatic rings. The number of nitrogens with zero attached hydrogens (tertiary/aromatic N) is 3. The molecule has 1 aromatic heterocycles. The van der Waals surface area contributed by atoms with Gasteiger partial charge in [-0.3, -0.25) is 9.36 Å². The Bertz CT molecular complexity index is 1220. The number of hydrogen-bond donors (Lipinski definition) is 1. The van der Waals surface area contributed by atoms with Gasteiger partial charge >= 0.3 is 0 Å². The first-order valence-electron chi connectivity index (χ1n) is 10.7. The fourth-order valence-electron chi connectivity index (χ4n) is 3.59. The molecule has 0 saturated carbocycles. The van der Waals surface area contributed by atoms with E-state index < -0.39 is 0 Å². The molecule has 1 N–H and O–H groups in total. The van der Waals surface area contributed by atoms with Crippen molar-refractivity contribution in [3.8, 4) is 11.4 Å². The highest BCUT2D eigenvalue weighted by Crippen LogP contribution is 2.25. The van der Waals surface area contributed by atoms with E-state index in [0.29, 0.717) is 11.6 Å². The van der Waals surface area contributed by atoms with Gasteiger partial charge in [0.1, 0.15) is 11.6 Å². The highest BCUT2D eigenvalue weighted by atomic mass is 32.2. The molecule has 4 rings (SSSR count). The van der Waals surface area contributed by atoms with Gasteiger partial charge in [-0.15, -0.1) is 10.2 Å². The Hall–Kier alpha value is -3.58. The SMILES string of the molecule is COc1ccc(Cc2nnc(SCC(=O)Nc3c(C)cccc3C)n2-c2ccccc2)cc1. The van der Waals surface area contributed by atoms with Crippen LogP contribution in [0, 0.1) is 13.8 Å². The summed E-state index contributed by atoms with van der Waals surface area (Å²) in [7, 11) is 1.65. The molecule has 0 bridgehead atoms. The molecule has 1 amide bonds. The smallest absolute Gasteiger partial charge is 0.234 e. The number of methoxy groups -OCH3 is 1. The van der Waals surface area contributed by atoms with Gasteiger partial charge in [-0.05, 0) is 54.8 Å². The number of anilines is 1. The third-order valence-corrected chi connectivity index (χ3v) is 6.24. The van der Waals surface area contributed by atoms with E-state index in [9.17, 15) is 4.79 Å². The van der Waals surface area contributed by atoms with Gasteiger partial charge in [-0.2, -0.15) is 0 Å². The fourth-order valence-corrected chi connectivity index (χ4v) is 4.36. The van der Waals surface area contributed by atoms with Gasteiger partial charge in [0.15, 0.2) is 5.16 Å². The summed E-state index contributed by atoms with van der Waals surface area (Å²) >= 11 is 1.38. The Balaban J connectivity index is 1.54. The second-order valence-electron chi connectivity index (χ2n) is 7.70. The molecule has 0 fully saturated rings. The Morgan fingerprint density at radius 1 is 0.939 bits per heavy atom. The molecule has 0 aliphatic heterocycles. The number of hydrogen-bond acceptors (Lipinski definition) is 5. The molecular formula is C26H26N4O2S. The second-order valence-corrected chi connectivity index (χ2v) is 8.64. The van der Waals surface area contributed by atoms with Gasteiger partial charge in [0, 0.05) is 17.8 Å². The molecule has 3 aromatic carbocycles. The van der Waals surface area contributed by atoms with Crippen molar-refractivity contribution in [2.75, 3.05) is 18.2 Å². The van der Waals surface area contributed by atoms with E-state index in [1.165, 1.54) is 11.8 Å². The number of nitrogens with one attached hydrogen (secondary N) is 1. The topological polar surface area (TPSA) is 69.0 Å². The van der Waals surface area contributed by atoms with Gasteiger partial charge in [0.2, 0.25) is 5.91 Å². The van der Waals surface area contributed by atoms with E-state index in [4.69, 9.17) is 4.74 Å². The third kappa shape index (κ3) is 5.43. The van der Waals surface area contributed by atoms with Crippen molar-refractivity contribution in [1.82, 2.24) is 14.8 Å². The van der Waals surface area contributed by atoms with Crippen LogP contribution in [-0.2, 0) is 11.2 Å². The molecule has 0 atom stereocenters. The average Bonchev–Trinajstić information content (AvgIpc) is 3.23. The second kappa shape index (κ2) is 10.4. The molecule has 7 heteroatoms. The highest BCUT2D eigenvalue weighted by molar-refractivity contribution is 7.99. The number of carbonyl (C=O) groups is 1. The minimum Gasteiger partial charge on any atom is -0.497 e. The van der Waals surface area contributed by atoms with Gasteiger partial charge < -0.3 is 10.1 Å². The van der Waals surface area contributed by atoms with E-state index in [1.807, 2.05) is 91.2 Å². The summed E-state index contributed by atoms with van der Waals surface area (Å²) in [5.41, 5.74) is 5.02. The lowest BCUT2D eigenvalue weighted by Crippen LogP contribution is -2.16. The van der Waals surface area contributed by atoms with Crippen LogP contribution in [0.15, 0.2) is 78.0 Å². The van der Waals surface area contributed by atoms with Crippen LogP contribution in [0.25, 0.3) is 5.69 Å². The Morgan fingerprint density at radius 2 is 1.64 bits per heavy atom. The average molecular weight is 459 g/mol. The van der Waals surface area contributed by atoms with Crippen molar-refractivity contribution in [2.24, 2.45) is 0 Å². The number of thioether (sulfide) groups is 1.